The summed E-state index contributed by atoms with van der Waals surface area (Å²) in [5.74, 6) is 2.67. The van der Waals surface area contributed by atoms with Crippen LogP contribution >= 0.6 is 0 Å². The van der Waals surface area contributed by atoms with Gasteiger partial charge in [0.05, 0.1) is 19.1 Å². The lowest BCUT2D eigenvalue weighted by atomic mass is 9.98. The topological polar surface area (TPSA) is 90.3 Å². The smallest absolute Gasteiger partial charge is 0.241 e. The van der Waals surface area contributed by atoms with E-state index in [1.165, 1.54) is 12.1 Å². The van der Waals surface area contributed by atoms with Crippen LogP contribution in [0.5, 0.6) is 5.75 Å². The number of hydrogen-bond donors (Lipinski definition) is 0. The second-order valence-corrected chi connectivity index (χ2v) is 8.01. The average molecular weight is 449 g/mol. The molecular weight excluding hydrogens is 425 g/mol. The largest absolute Gasteiger partial charge is 0.494 e. The highest BCUT2D eigenvalue weighted by Gasteiger charge is 2.27. The average Bonchev–Trinajstić information content (AvgIpc) is 3.50. The molecule has 1 fully saturated rings. The lowest BCUT2D eigenvalue weighted by Crippen LogP contribution is -2.34. The van der Waals surface area contributed by atoms with Crippen molar-refractivity contribution in [1.82, 2.24) is 25.2 Å². The predicted octanol–water partition coefficient (Wildman–Crippen LogP) is 4.70. The van der Waals surface area contributed by atoms with E-state index in [-0.39, 0.29) is 11.7 Å². The molecule has 5 rings (SSSR count). The summed E-state index contributed by atoms with van der Waals surface area (Å²) in [6.07, 6.45) is 1.94. The fraction of sp³-hybridized carbons (Fsp3) is 0.333. The number of rotatable bonds is 7. The second-order valence-electron chi connectivity index (χ2n) is 8.01. The third kappa shape index (κ3) is 4.93. The molecule has 0 bridgehead atoms. The molecule has 3 heterocycles. The van der Waals surface area contributed by atoms with E-state index in [0.717, 1.165) is 37.2 Å². The highest BCUT2D eigenvalue weighted by molar-refractivity contribution is 5.55. The van der Waals surface area contributed by atoms with Crippen LogP contribution < -0.4 is 4.74 Å². The van der Waals surface area contributed by atoms with Gasteiger partial charge in [-0.05, 0) is 62.7 Å². The van der Waals surface area contributed by atoms with E-state index in [0.29, 0.717) is 42.1 Å². The monoisotopic (exact) mass is 449 g/mol. The maximum absolute atomic E-state index is 13.5. The van der Waals surface area contributed by atoms with Crippen LogP contribution in [0.15, 0.2) is 57.6 Å². The molecule has 0 radical (unpaired) electrons. The van der Waals surface area contributed by atoms with Gasteiger partial charge in [-0.2, -0.15) is 9.97 Å². The van der Waals surface area contributed by atoms with E-state index in [4.69, 9.17) is 13.8 Å². The molecule has 1 saturated heterocycles. The van der Waals surface area contributed by atoms with Crippen molar-refractivity contribution in [1.29, 1.82) is 0 Å². The molecule has 4 aromatic rings. The number of aromatic nitrogens is 4. The van der Waals surface area contributed by atoms with Gasteiger partial charge in [-0.1, -0.05) is 22.4 Å². The lowest BCUT2D eigenvalue weighted by molar-refractivity contribution is 0.162. The third-order valence-corrected chi connectivity index (χ3v) is 5.63. The first-order valence-corrected chi connectivity index (χ1v) is 11.1. The molecular formula is C24H24FN5O3. The molecule has 0 saturated carbocycles. The lowest BCUT2D eigenvalue weighted by Gasteiger charge is -2.29. The highest BCUT2D eigenvalue weighted by Crippen LogP contribution is 2.29. The molecule has 2 aromatic heterocycles. The van der Waals surface area contributed by atoms with Crippen LogP contribution in [0.4, 0.5) is 4.39 Å². The Morgan fingerprint density at radius 3 is 2.67 bits per heavy atom. The number of hydrogen-bond acceptors (Lipinski definition) is 8. The van der Waals surface area contributed by atoms with Crippen molar-refractivity contribution in [2.75, 3.05) is 19.7 Å². The van der Waals surface area contributed by atoms with Crippen LogP contribution in [0.25, 0.3) is 22.8 Å². The maximum Gasteiger partial charge on any atom is 0.241 e. The van der Waals surface area contributed by atoms with Crippen molar-refractivity contribution >= 4 is 0 Å². The summed E-state index contributed by atoms with van der Waals surface area (Å²) in [6.45, 7) is 4.78. The quantitative estimate of drug-likeness (QED) is 0.401. The van der Waals surface area contributed by atoms with Gasteiger partial charge < -0.3 is 13.8 Å². The van der Waals surface area contributed by atoms with Crippen molar-refractivity contribution in [3.05, 3.63) is 66.1 Å². The minimum atomic E-state index is -0.327. The fourth-order valence-electron chi connectivity index (χ4n) is 4.04. The Bertz CT molecular complexity index is 1210. The number of benzene rings is 2. The number of halogens is 1. The molecule has 1 atom stereocenters. The van der Waals surface area contributed by atoms with Crippen molar-refractivity contribution in [3.8, 4) is 28.5 Å². The van der Waals surface area contributed by atoms with Crippen LogP contribution in [0, 0.1) is 5.82 Å². The van der Waals surface area contributed by atoms with E-state index in [2.05, 4.69) is 25.2 Å². The Hall–Kier alpha value is -3.59. The molecule has 1 unspecified atom stereocenters. The molecule has 1 aliphatic heterocycles. The van der Waals surface area contributed by atoms with Gasteiger partial charge in [-0.25, -0.2) is 4.39 Å². The Morgan fingerprint density at radius 2 is 1.85 bits per heavy atom. The van der Waals surface area contributed by atoms with Crippen molar-refractivity contribution < 1.29 is 18.2 Å². The van der Waals surface area contributed by atoms with Gasteiger partial charge >= 0.3 is 0 Å². The minimum Gasteiger partial charge on any atom is -0.494 e. The van der Waals surface area contributed by atoms with E-state index in [1.807, 2.05) is 31.2 Å². The third-order valence-electron chi connectivity index (χ3n) is 5.63. The van der Waals surface area contributed by atoms with Crippen LogP contribution in [0.1, 0.15) is 37.5 Å². The van der Waals surface area contributed by atoms with Crippen LogP contribution in [0.3, 0.4) is 0 Å². The summed E-state index contributed by atoms with van der Waals surface area (Å²) in [4.78, 5) is 11.3. The standard InChI is InChI=1S/C24H24FN5O3/c1-2-31-20-10-8-16(9-11-20)22-26-21(32-28-22)15-30-12-4-6-18(14-30)24-27-23(29-33-24)17-5-3-7-19(25)13-17/h3,5,7-11,13,18H,2,4,6,12,14-15H2,1H3. The van der Waals surface area contributed by atoms with Gasteiger partial charge in [-0.15, -0.1) is 0 Å². The second kappa shape index (κ2) is 9.50. The zero-order valence-electron chi connectivity index (χ0n) is 18.3. The molecule has 0 N–H and O–H groups in total. The SMILES string of the molecule is CCOc1ccc(-c2noc(CN3CCCC(c4nc(-c5cccc(F)c5)no4)C3)n2)cc1. The summed E-state index contributed by atoms with van der Waals surface area (Å²) < 4.78 is 30.0. The van der Waals surface area contributed by atoms with Crippen LogP contribution in [-0.4, -0.2) is 44.9 Å². The van der Waals surface area contributed by atoms with Gasteiger partial charge in [0.2, 0.25) is 23.4 Å². The highest BCUT2D eigenvalue weighted by atomic mass is 19.1. The number of ether oxygens (including phenoxy) is 1. The number of nitrogens with zero attached hydrogens (tertiary/aromatic N) is 5. The number of likely N-dealkylation sites (tertiary alicyclic amines) is 1. The summed E-state index contributed by atoms with van der Waals surface area (Å²) in [7, 11) is 0. The molecule has 0 amide bonds. The molecule has 170 valence electrons. The van der Waals surface area contributed by atoms with E-state index < -0.39 is 0 Å². The molecule has 33 heavy (non-hydrogen) atoms. The van der Waals surface area contributed by atoms with Crippen LogP contribution in [0.2, 0.25) is 0 Å². The van der Waals surface area contributed by atoms with Gasteiger partial charge in [0, 0.05) is 17.7 Å². The summed E-state index contributed by atoms with van der Waals surface area (Å²) in [5, 5.41) is 8.17. The zero-order chi connectivity index (χ0) is 22.6. The van der Waals surface area contributed by atoms with Crippen molar-refractivity contribution in [2.24, 2.45) is 0 Å². The molecule has 0 spiro atoms. The van der Waals surface area contributed by atoms with Gasteiger partial charge in [-0.3, -0.25) is 4.90 Å². The molecule has 2 aromatic carbocycles. The Labute approximate surface area is 190 Å². The zero-order valence-corrected chi connectivity index (χ0v) is 18.3. The van der Waals surface area contributed by atoms with E-state index >= 15 is 0 Å². The minimum absolute atomic E-state index is 0.0991. The molecule has 1 aliphatic rings. The van der Waals surface area contributed by atoms with Crippen molar-refractivity contribution in [3.63, 3.8) is 0 Å². The first-order valence-electron chi connectivity index (χ1n) is 11.1. The molecule has 8 nitrogen and oxygen atoms in total. The summed E-state index contributed by atoms with van der Waals surface area (Å²) >= 11 is 0. The maximum atomic E-state index is 13.5. The first-order chi connectivity index (χ1) is 16.2. The predicted molar refractivity (Wildman–Crippen MR) is 118 cm³/mol. The van der Waals surface area contributed by atoms with Gasteiger partial charge in [0.1, 0.15) is 11.6 Å². The van der Waals surface area contributed by atoms with Crippen molar-refractivity contribution in [2.45, 2.75) is 32.2 Å². The summed E-state index contributed by atoms with van der Waals surface area (Å²) in [6, 6.07) is 13.8. The Balaban J connectivity index is 1.23. The molecule has 0 aliphatic carbocycles. The van der Waals surface area contributed by atoms with E-state index in [1.54, 1.807) is 12.1 Å². The first kappa shape index (κ1) is 21.3. The Kier molecular flexibility index (Phi) is 6.12. The normalized spacial score (nSPS) is 16.7. The fourth-order valence-corrected chi connectivity index (χ4v) is 4.04. The van der Waals surface area contributed by atoms with Gasteiger partial charge in [0.25, 0.3) is 0 Å². The Morgan fingerprint density at radius 1 is 1.03 bits per heavy atom. The van der Waals surface area contributed by atoms with E-state index in [9.17, 15) is 4.39 Å². The van der Waals surface area contributed by atoms with Crippen LogP contribution in [-0.2, 0) is 6.54 Å². The number of piperidine rings is 1. The van der Waals surface area contributed by atoms with Gasteiger partial charge in [0.15, 0.2) is 0 Å². The summed E-state index contributed by atoms with van der Waals surface area (Å²) in [5.41, 5.74) is 1.48. The molecule has 9 heteroatoms.